The van der Waals surface area contributed by atoms with Crippen LogP contribution < -0.4 is 0 Å². The molecule has 1 aromatic carbocycles. The van der Waals surface area contributed by atoms with Gasteiger partial charge in [0.05, 0.1) is 11.4 Å². The van der Waals surface area contributed by atoms with E-state index in [-0.39, 0.29) is 0 Å². The van der Waals surface area contributed by atoms with Crippen LogP contribution >= 0.6 is 0 Å². The highest BCUT2D eigenvalue weighted by Gasteiger charge is 2.33. The Hall–Kier alpha value is -1.70. The second-order valence-electron chi connectivity index (χ2n) is 7.92. The van der Waals surface area contributed by atoms with Gasteiger partial charge < -0.3 is 0 Å². The van der Waals surface area contributed by atoms with Gasteiger partial charge in [0, 0.05) is 37.9 Å². The van der Waals surface area contributed by atoms with Crippen molar-refractivity contribution in [1.29, 1.82) is 0 Å². The van der Waals surface area contributed by atoms with E-state index in [9.17, 15) is 8.42 Å². The Kier molecular flexibility index (Phi) is 5.74. The maximum atomic E-state index is 13.1. The lowest BCUT2D eigenvalue weighted by Gasteiger charge is -2.36. The number of aromatic nitrogens is 2. The average Bonchev–Trinajstić information content (AvgIpc) is 2.89. The van der Waals surface area contributed by atoms with Gasteiger partial charge in [0.25, 0.3) is 10.2 Å². The minimum absolute atomic E-state index is 0.325. The summed E-state index contributed by atoms with van der Waals surface area (Å²) in [5.74, 6) is 0.780. The number of nitrogens with zero attached hydrogens (tertiary/aromatic N) is 4. The lowest BCUT2D eigenvalue weighted by atomic mass is 9.94. The predicted octanol–water partition coefficient (Wildman–Crippen LogP) is 3.14. The van der Waals surface area contributed by atoms with Crippen molar-refractivity contribution in [3.05, 3.63) is 47.3 Å². The zero-order valence-electron chi connectivity index (χ0n) is 16.9. The molecule has 0 spiro atoms. The van der Waals surface area contributed by atoms with Gasteiger partial charge in [-0.3, -0.25) is 0 Å². The first-order chi connectivity index (χ1) is 12.7. The molecular formula is C20H30N4O2S. The van der Waals surface area contributed by atoms with Gasteiger partial charge in [-0.25, -0.2) is 4.68 Å². The highest BCUT2D eigenvalue weighted by Crippen LogP contribution is 2.26. The highest BCUT2D eigenvalue weighted by atomic mass is 32.2. The van der Waals surface area contributed by atoms with Gasteiger partial charge in [-0.15, -0.1) is 0 Å². The Morgan fingerprint density at radius 2 is 1.70 bits per heavy atom. The molecule has 27 heavy (non-hydrogen) atoms. The molecule has 2 atom stereocenters. The molecule has 1 aliphatic heterocycles. The number of para-hydroxylation sites is 1. The van der Waals surface area contributed by atoms with Crippen molar-refractivity contribution >= 4 is 10.2 Å². The minimum Gasteiger partial charge on any atom is -0.238 e. The van der Waals surface area contributed by atoms with Gasteiger partial charge in [-0.1, -0.05) is 32.0 Å². The van der Waals surface area contributed by atoms with E-state index in [0.717, 1.165) is 29.1 Å². The Morgan fingerprint density at radius 1 is 1.11 bits per heavy atom. The zero-order valence-corrected chi connectivity index (χ0v) is 17.7. The van der Waals surface area contributed by atoms with Crippen molar-refractivity contribution in [1.82, 2.24) is 18.4 Å². The molecule has 0 saturated carbocycles. The van der Waals surface area contributed by atoms with Crippen LogP contribution in [0, 0.1) is 25.7 Å². The first-order valence-electron chi connectivity index (χ1n) is 9.52. The predicted molar refractivity (Wildman–Crippen MR) is 108 cm³/mol. The third-order valence-corrected chi connectivity index (χ3v) is 7.25. The second kappa shape index (κ2) is 7.73. The zero-order chi connectivity index (χ0) is 19.8. The van der Waals surface area contributed by atoms with Crippen LogP contribution in [0.1, 0.15) is 37.2 Å². The number of rotatable bonds is 5. The van der Waals surface area contributed by atoms with Crippen LogP contribution in [0.15, 0.2) is 30.3 Å². The number of hydrogen-bond donors (Lipinski definition) is 0. The van der Waals surface area contributed by atoms with Crippen LogP contribution in [0.5, 0.6) is 0 Å². The molecule has 6 nitrogen and oxygen atoms in total. The van der Waals surface area contributed by atoms with Gasteiger partial charge in [-0.2, -0.15) is 22.1 Å². The van der Waals surface area contributed by atoms with Crippen molar-refractivity contribution in [3.63, 3.8) is 0 Å². The van der Waals surface area contributed by atoms with E-state index >= 15 is 0 Å². The third kappa shape index (κ3) is 4.10. The molecule has 148 valence electrons. The largest absolute Gasteiger partial charge is 0.282 e. The third-order valence-electron chi connectivity index (χ3n) is 5.38. The molecule has 0 amide bonds. The van der Waals surface area contributed by atoms with E-state index < -0.39 is 10.2 Å². The number of aryl methyl sites for hydroxylation is 1. The summed E-state index contributed by atoms with van der Waals surface area (Å²) in [7, 11) is -1.82. The molecule has 1 aromatic heterocycles. The lowest BCUT2D eigenvalue weighted by Crippen LogP contribution is -2.48. The van der Waals surface area contributed by atoms with Crippen molar-refractivity contribution in [2.24, 2.45) is 11.8 Å². The summed E-state index contributed by atoms with van der Waals surface area (Å²) in [6.07, 6.45) is 1.08. The Labute approximate surface area is 163 Å². The van der Waals surface area contributed by atoms with Crippen molar-refractivity contribution < 1.29 is 8.42 Å². The maximum Gasteiger partial charge on any atom is 0.282 e. The summed E-state index contributed by atoms with van der Waals surface area (Å²) in [6.45, 7) is 9.69. The molecule has 1 fully saturated rings. The Balaban J connectivity index is 1.84. The molecule has 0 bridgehead atoms. The molecule has 1 aliphatic rings. The van der Waals surface area contributed by atoms with Gasteiger partial charge in [0.2, 0.25) is 0 Å². The topological polar surface area (TPSA) is 58.4 Å². The molecule has 2 aromatic rings. The Bertz CT molecular complexity index is 882. The molecule has 1 saturated heterocycles. The summed E-state index contributed by atoms with van der Waals surface area (Å²) < 4.78 is 31.2. The van der Waals surface area contributed by atoms with Gasteiger partial charge >= 0.3 is 0 Å². The molecule has 7 heteroatoms. The average molecular weight is 391 g/mol. The van der Waals surface area contributed by atoms with Crippen LogP contribution in [-0.4, -0.2) is 46.9 Å². The first-order valence-corrected chi connectivity index (χ1v) is 10.9. The summed E-state index contributed by atoms with van der Waals surface area (Å²) in [4.78, 5) is 0. The van der Waals surface area contributed by atoms with E-state index in [1.807, 2.05) is 48.9 Å². The van der Waals surface area contributed by atoms with Crippen LogP contribution in [0.2, 0.25) is 0 Å². The fourth-order valence-corrected chi connectivity index (χ4v) is 5.59. The molecule has 3 rings (SSSR count). The monoisotopic (exact) mass is 390 g/mol. The van der Waals surface area contributed by atoms with E-state index in [4.69, 9.17) is 0 Å². The van der Waals surface area contributed by atoms with E-state index in [2.05, 4.69) is 18.9 Å². The Morgan fingerprint density at radius 3 is 2.30 bits per heavy atom. The SMILES string of the molecule is Cc1nn(-c2ccccc2)c(C)c1CN(C)S(=O)(=O)N1CC(C)CC(C)C1. The standard InChI is InChI=1S/C20H30N4O2S/c1-15-11-16(2)13-23(12-15)27(25,26)22(5)14-20-17(3)21-24(18(20)4)19-9-7-6-8-10-19/h6-10,15-16H,11-14H2,1-5H3. The summed E-state index contributed by atoms with van der Waals surface area (Å²) in [5.41, 5.74) is 3.77. The van der Waals surface area contributed by atoms with Crippen molar-refractivity contribution in [3.8, 4) is 5.69 Å². The molecule has 0 radical (unpaired) electrons. The lowest BCUT2D eigenvalue weighted by molar-refractivity contribution is 0.211. The summed E-state index contributed by atoms with van der Waals surface area (Å²) >= 11 is 0. The maximum absolute atomic E-state index is 13.1. The van der Waals surface area contributed by atoms with Crippen LogP contribution in [0.4, 0.5) is 0 Å². The second-order valence-corrected chi connectivity index (χ2v) is 9.96. The molecule has 0 N–H and O–H groups in total. The fraction of sp³-hybridized carbons (Fsp3) is 0.550. The number of benzene rings is 1. The van der Waals surface area contributed by atoms with Gasteiger partial charge in [0.1, 0.15) is 0 Å². The van der Waals surface area contributed by atoms with Crippen LogP contribution in [0.25, 0.3) is 5.69 Å². The number of hydrogen-bond acceptors (Lipinski definition) is 3. The highest BCUT2D eigenvalue weighted by molar-refractivity contribution is 7.86. The minimum atomic E-state index is -3.49. The summed E-state index contributed by atoms with van der Waals surface area (Å²) in [6, 6.07) is 9.92. The van der Waals surface area contributed by atoms with Crippen molar-refractivity contribution in [2.45, 2.75) is 40.7 Å². The van der Waals surface area contributed by atoms with E-state index in [0.29, 0.717) is 31.5 Å². The van der Waals surface area contributed by atoms with Crippen LogP contribution in [0.3, 0.4) is 0 Å². The fourth-order valence-electron chi connectivity index (χ4n) is 4.02. The normalized spacial score (nSPS) is 21.7. The van der Waals surface area contributed by atoms with E-state index in [1.165, 1.54) is 4.31 Å². The van der Waals surface area contributed by atoms with Gasteiger partial charge in [-0.05, 0) is 44.2 Å². The smallest absolute Gasteiger partial charge is 0.238 e. The number of piperidine rings is 1. The summed E-state index contributed by atoms with van der Waals surface area (Å²) in [5, 5.41) is 4.63. The molecular weight excluding hydrogens is 360 g/mol. The molecule has 0 aliphatic carbocycles. The van der Waals surface area contributed by atoms with Crippen molar-refractivity contribution in [2.75, 3.05) is 20.1 Å². The van der Waals surface area contributed by atoms with Gasteiger partial charge in [0.15, 0.2) is 0 Å². The van der Waals surface area contributed by atoms with E-state index in [1.54, 1.807) is 11.4 Å². The quantitative estimate of drug-likeness (QED) is 0.788. The molecule has 2 heterocycles. The molecule has 2 unspecified atom stereocenters. The first kappa shape index (κ1) is 20.0. The van der Waals surface area contributed by atoms with Crippen LogP contribution in [-0.2, 0) is 16.8 Å².